The molecule has 112 valence electrons. The Morgan fingerprint density at radius 1 is 1.27 bits per heavy atom. The van der Waals surface area contributed by atoms with Crippen LogP contribution < -0.4 is 10.9 Å². The Kier molecular flexibility index (Phi) is 3.78. The molecule has 0 bridgehead atoms. The molecule has 5 heteroatoms. The zero-order chi connectivity index (χ0) is 15.5. The van der Waals surface area contributed by atoms with Crippen LogP contribution in [0, 0.1) is 6.92 Å². The first-order chi connectivity index (χ1) is 10.6. The van der Waals surface area contributed by atoms with Gasteiger partial charge in [-0.3, -0.25) is 9.59 Å². The highest BCUT2D eigenvalue weighted by molar-refractivity contribution is 5.91. The smallest absolute Gasteiger partial charge is 0.286 e. The SMILES string of the molecule is Cc1cc2cc(CCNC(=O)c3ccco3)ccc2[nH]c1=O. The van der Waals surface area contributed by atoms with Crippen LogP contribution in [0.2, 0.25) is 0 Å². The number of pyridine rings is 1. The quantitative estimate of drug-likeness (QED) is 0.776. The second kappa shape index (κ2) is 5.89. The summed E-state index contributed by atoms with van der Waals surface area (Å²) in [7, 11) is 0. The van der Waals surface area contributed by atoms with Gasteiger partial charge in [0.25, 0.3) is 11.5 Å². The summed E-state index contributed by atoms with van der Waals surface area (Å²) in [5.74, 6) is 0.0951. The predicted octanol–water partition coefficient (Wildman–Crippen LogP) is 2.40. The van der Waals surface area contributed by atoms with Crippen molar-refractivity contribution in [3.63, 3.8) is 0 Å². The maximum Gasteiger partial charge on any atom is 0.286 e. The van der Waals surface area contributed by atoms with Crippen LogP contribution in [0.5, 0.6) is 0 Å². The summed E-state index contributed by atoms with van der Waals surface area (Å²) in [6.45, 7) is 2.31. The number of nitrogens with one attached hydrogen (secondary N) is 2. The number of amides is 1. The van der Waals surface area contributed by atoms with Gasteiger partial charge in [0, 0.05) is 17.6 Å². The van der Waals surface area contributed by atoms with Gasteiger partial charge in [-0.2, -0.15) is 0 Å². The number of H-pyrrole nitrogens is 1. The molecule has 5 nitrogen and oxygen atoms in total. The van der Waals surface area contributed by atoms with E-state index in [1.165, 1.54) is 6.26 Å². The molecule has 0 saturated heterocycles. The van der Waals surface area contributed by atoms with E-state index in [9.17, 15) is 9.59 Å². The summed E-state index contributed by atoms with van der Waals surface area (Å²) < 4.78 is 5.03. The molecular formula is C17H16N2O3. The third kappa shape index (κ3) is 2.93. The number of hydrogen-bond acceptors (Lipinski definition) is 3. The van der Waals surface area contributed by atoms with Crippen molar-refractivity contribution in [1.82, 2.24) is 10.3 Å². The summed E-state index contributed by atoms with van der Waals surface area (Å²) in [4.78, 5) is 26.2. The number of aryl methyl sites for hydroxylation is 1. The topological polar surface area (TPSA) is 75.1 Å². The molecule has 0 unspecified atom stereocenters. The standard InChI is InChI=1S/C17H16N2O3/c1-11-9-13-10-12(4-5-14(13)19-16(11)20)6-7-18-17(21)15-3-2-8-22-15/h2-5,8-10H,6-7H2,1H3,(H,18,21)(H,19,20). The molecule has 2 heterocycles. The zero-order valence-corrected chi connectivity index (χ0v) is 12.2. The first-order valence-electron chi connectivity index (χ1n) is 7.08. The van der Waals surface area contributed by atoms with Crippen molar-refractivity contribution in [3.05, 3.63) is 69.9 Å². The predicted molar refractivity (Wildman–Crippen MR) is 84.1 cm³/mol. The fourth-order valence-electron chi connectivity index (χ4n) is 2.34. The summed E-state index contributed by atoms with van der Waals surface area (Å²) in [5, 5.41) is 3.80. The van der Waals surface area contributed by atoms with Crippen molar-refractivity contribution in [2.45, 2.75) is 13.3 Å². The fourth-order valence-corrected chi connectivity index (χ4v) is 2.34. The zero-order valence-electron chi connectivity index (χ0n) is 12.2. The van der Waals surface area contributed by atoms with Crippen LogP contribution in [0.1, 0.15) is 21.7 Å². The molecule has 2 N–H and O–H groups in total. The highest BCUT2D eigenvalue weighted by Crippen LogP contribution is 2.14. The van der Waals surface area contributed by atoms with E-state index < -0.39 is 0 Å². The first-order valence-corrected chi connectivity index (χ1v) is 7.08. The molecule has 22 heavy (non-hydrogen) atoms. The van der Waals surface area contributed by atoms with Crippen molar-refractivity contribution in [3.8, 4) is 0 Å². The molecule has 0 spiro atoms. The van der Waals surface area contributed by atoms with E-state index in [1.807, 2.05) is 24.3 Å². The molecule has 1 amide bonds. The minimum absolute atomic E-state index is 0.0639. The van der Waals surface area contributed by atoms with Gasteiger partial charge >= 0.3 is 0 Å². The van der Waals surface area contributed by atoms with Crippen LogP contribution in [0.25, 0.3) is 10.9 Å². The Morgan fingerprint density at radius 2 is 2.14 bits per heavy atom. The van der Waals surface area contributed by atoms with E-state index in [0.29, 0.717) is 24.3 Å². The normalized spacial score (nSPS) is 10.8. The lowest BCUT2D eigenvalue weighted by Gasteiger charge is -2.06. The number of furan rings is 1. The first kappa shape index (κ1) is 14.1. The molecule has 3 aromatic rings. The Hall–Kier alpha value is -2.82. The largest absolute Gasteiger partial charge is 0.459 e. The number of carbonyl (C=O) groups excluding carboxylic acids is 1. The maximum atomic E-state index is 11.7. The van der Waals surface area contributed by atoms with E-state index in [1.54, 1.807) is 19.1 Å². The van der Waals surface area contributed by atoms with Gasteiger partial charge in [-0.25, -0.2) is 0 Å². The minimum atomic E-state index is -0.217. The van der Waals surface area contributed by atoms with Crippen LogP contribution in [0.3, 0.4) is 0 Å². The molecule has 0 atom stereocenters. The van der Waals surface area contributed by atoms with Crippen molar-refractivity contribution in [2.24, 2.45) is 0 Å². The summed E-state index contributed by atoms with van der Waals surface area (Å²) in [6, 6.07) is 11.1. The van der Waals surface area contributed by atoms with Crippen molar-refractivity contribution in [1.29, 1.82) is 0 Å². The summed E-state index contributed by atoms with van der Waals surface area (Å²) in [5.41, 5.74) is 2.54. The Bertz CT molecular complexity index is 863. The summed E-state index contributed by atoms with van der Waals surface area (Å²) >= 11 is 0. The number of rotatable bonds is 4. The molecule has 0 fully saturated rings. The lowest BCUT2D eigenvalue weighted by atomic mass is 10.1. The van der Waals surface area contributed by atoms with Gasteiger partial charge in [0.1, 0.15) is 0 Å². The second-order valence-corrected chi connectivity index (χ2v) is 5.19. The number of fused-ring (bicyclic) bond motifs is 1. The van der Waals surface area contributed by atoms with Gasteiger partial charge in [-0.15, -0.1) is 0 Å². The molecule has 0 aliphatic heterocycles. The van der Waals surface area contributed by atoms with Crippen LogP contribution in [-0.2, 0) is 6.42 Å². The van der Waals surface area contributed by atoms with Gasteiger partial charge < -0.3 is 14.7 Å². The second-order valence-electron chi connectivity index (χ2n) is 5.19. The number of carbonyl (C=O) groups is 1. The van der Waals surface area contributed by atoms with E-state index in [-0.39, 0.29) is 11.5 Å². The number of benzene rings is 1. The third-order valence-electron chi connectivity index (χ3n) is 3.54. The molecule has 0 aliphatic carbocycles. The number of aromatic amines is 1. The highest BCUT2D eigenvalue weighted by atomic mass is 16.3. The average Bonchev–Trinajstić information content (AvgIpc) is 3.03. The van der Waals surface area contributed by atoms with Gasteiger partial charge in [0.05, 0.1) is 6.26 Å². The molecule has 3 rings (SSSR count). The molecule has 0 radical (unpaired) electrons. The lowest BCUT2D eigenvalue weighted by molar-refractivity contribution is 0.0926. The van der Waals surface area contributed by atoms with Gasteiger partial charge in [0.2, 0.25) is 0 Å². The van der Waals surface area contributed by atoms with E-state index in [4.69, 9.17) is 4.42 Å². The lowest BCUT2D eigenvalue weighted by Crippen LogP contribution is -2.25. The van der Waals surface area contributed by atoms with Crippen LogP contribution in [0.15, 0.2) is 51.9 Å². The van der Waals surface area contributed by atoms with Gasteiger partial charge in [-0.1, -0.05) is 6.07 Å². The monoisotopic (exact) mass is 296 g/mol. The minimum Gasteiger partial charge on any atom is -0.459 e. The average molecular weight is 296 g/mol. The third-order valence-corrected chi connectivity index (χ3v) is 3.54. The van der Waals surface area contributed by atoms with Gasteiger partial charge in [-0.05, 0) is 54.6 Å². The Morgan fingerprint density at radius 3 is 2.91 bits per heavy atom. The van der Waals surface area contributed by atoms with Crippen LogP contribution in [-0.4, -0.2) is 17.4 Å². The van der Waals surface area contributed by atoms with Crippen LogP contribution >= 0.6 is 0 Å². The van der Waals surface area contributed by atoms with E-state index in [2.05, 4.69) is 10.3 Å². The van der Waals surface area contributed by atoms with E-state index >= 15 is 0 Å². The summed E-state index contributed by atoms with van der Waals surface area (Å²) in [6.07, 6.45) is 2.18. The molecule has 0 saturated carbocycles. The maximum absolute atomic E-state index is 11.7. The number of hydrogen-bond donors (Lipinski definition) is 2. The Labute approximate surface area is 127 Å². The number of aromatic nitrogens is 1. The molecule has 0 aliphatic rings. The van der Waals surface area contributed by atoms with Crippen molar-refractivity contribution < 1.29 is 9.21 Å². The fraction of sp³-hybridized carbons (Fsp3) is 0.176. The van der Waals surface area contributed by atoms with Crippen molar-refractivity contribution in [2.75, 3.05) is 6.54 Å². The van der Waals surface area contributed by atoms with Crippen molar-refractivity contribution >= 4 is 16.8 Å². The van der Waals surface area contributed by atoms with E-state index in [0.717, 1.165) is 16.5 Å². The molecule has 1 aromatic carbocycles. The van der Waals surface area contributed by atoms with Crippen LogP contribution in [0.4, 0.5) is 0 Å². The highest BCUT2D eigenvalue weighted by Gasteiger charge is 2.07. The van der Waals surface area contributed by atoms with Gasteiger partial charge in [0.15, 0.2) is 5.76 Å². The Balaban J connectivity index is 1.68. The molecule has 2 aromatic heterocycles. The molecular weight excluding hydrogens is 280 g/mol.